The Morgan fingerprint density at radius 2 is 2.05 bits per heavy atom. The Morgan fingerprint density at radius 3 is 2.57 bits per heavy atom. The SMILES string of the molecule is CC(C)CN(Cc1ccc([N+](=O)[O-])c(F)c1)C1CCCC1. The maximum Gasteiger partial charge on any atom is 0.304 e. The van der Waals surface area contributed by atoms with Crippen LogP contribution < -0.4 is 0 Å². The Bertz CT molecular complexity index is 499. The zero-order valence-electron chi connectivity index (χ0n) is 12.7. The van der Waals surface area contributed by atoms with Crippen LogP contribution in [0.3, 0.4) is 0 Å². The lowest BCUT2D eigenvalue weighted by atomic mass is 10.1. The highest BCUT2D eigenvalue weighted by Gasteiger charge is 2.24. The molecule has 1 aromatic rings. The van der Waals surface area contributed by atoms with Gasteiger partial charge in [0, 0.05) is 25.2 Å². The maximum atomic E-state index is 13.7. The molecule has 0 spiro atoms. The van der Waals surface area contributed by atoms with Crippen molar-refractivity contribution in [3.8, 4) is 0 Å². The second-order valence-electron chi connectivity index (χ2n) is 6.30. The van der Waals surface area contributed by atoms with Crippen LogP contribution in [0.4, 0.5) is 10.1 Å². The van der Waals surface area contributed by atoms with Gasteiger partial charge in [-0.1, -0.05) is 32.8 Å². The number of nitrogens with zero attached hydrogens (tertiary/aromatic N) is 2. The second kappa shape index (κ2) is 6.98. The largest absolute Gasteiger partial charge is 0.304 e. The third kappa shape index (κ3) is 4.24. The molecule has 1 aliphatic rings. The number of rotatable bonds is 6. The third-order valence-corrected chi connectivity index (χ3v) is 4.04. The van der Waals surface area contributed by atoms with Gasteiger partial charge in [0.15, 0.2) is 0 Å². The first-order valence-electron chi connectivity index (χ1n) is 7.64. The van der Waals surface area contributed by atoms with Gasteiger partial charge in [-0.3, -0.25) is 15.0 Å². The lowest BCUT2D eigenvalue weighted by molar-refractivity contribution is -0.387. The van der Waals surface area contributed by atoms with Gasteiger partial charge in [0.2, 0.25) is 5.82 Å². The molecule has 1 aromatic carbocycles. The zero-order valence-corrected chi connectivity index (χ0v) is 12.7. The highest BCUT2D eigenvalue weighted by molar-refractivity contribution is 5.35. The van der Waals surface area contributed by atoms with E-state index in [-0.39, 0.29) is 0 Å². The van der Waals surface area contributed by atoms with E-state index in [0.29, 0.717) is 18.5 Å². The van der Waals surface area contributed by atoms with Gasteiger partial charge < -0.3 is 0 Å². The van der Waals surface area contributed by atoms with Crippen LogP contribution in [0.25, 0.3) is 0 Å². The van der Waals surface area contributed by atoms with Crippen molar-refractivity contribution in [3.05, 3.63) is 39.7 Å². The molecule has 1 fully saturated rings. The van der Waals surface area contributed by atoms with E-state index in [0.717, 1.165) is 12.1 Å². The average Bonchev–Trinajstić information content (AvgIpc) is 2.90. The summed E-state index contributed by atoms with van der Waals surface area (Å²) in [5.74, 6) is -0.193. The molecule has 21 heavy (non-hydrogen) atoms. The van der Waals surface area contributed by atoms with Crippen LogP contribution in [0.2, 0.25) is 0 Å². The van der Waals surface area contributed by atoms with Gasteiger partial charge in [-0.25, -0.2) is 0 Å². The lowest BCUT2D eigenvalue weighted by Crippen LogP contribution is -2.35. The van der Waals surface area contributed by atoms with Gasteiger partial charge in [-0.2, -0.15) is 4.39 Å². The normalized spacial score (nSPS) is 16.0. The minimum atomic E-state index is -0.742. The van der Waals surface area contributed by atoms with E-state index in [4.69, 9.17) is 0 Å². The predicted molar refractivity (Wildman–Crippen MR) is 80.6 cm³/mol. The lowest BCUT2D eigenvalue weighted by Gasteiger charge is -2.30. The molecule has 4 nitrogen and oxygen atoms in total. The fraction of sp³-hybridized carbons (Fsp3) is 0.625. The van der Waals surface area contributed by atoms with Crippen LogP contribution in [0, 0.1) is 21.8 Å². The molecule has 2 rings (SSSR count). The molecule has 116 valence electrons. The Kier molecular flexibility index (Phi) is 5.28. The van der Waals surface area contributed by atoms with E-state index >= 15 is 0 Å². The summed E-state index contributed by atoms with van der Waals surface area (Å²) >= 11 is 0. The molecular formula is C16H23FN2O2. The number of hydrogen-bond acceptors (Lipinski definition) is 3. The smallest absolute Gasteiger partial charge is 0.296 e. The average molecular weight is 294 g/mol. The van der Waals surface area contributed by atoms with Crippen molar-refractivity contribution in [1.82, 2.24) is 4.90 Å². The molecule has 0 aromatic heterocycles. The van der Waals surface area contributed by atoms with Gasteiger partial charge in [-0.15, -0.1) is 0 Å². The van der Waals surface area contributed by atoms with Crippen LogP contribution in [0.15, 0.2) is 18.2 Å². The van der Waals surface area contributed by atoms with Gasteiger partial charge in [0.25, 0.3) is 0 Å². The van der Waals surface area contributed by atoms with E-state index in [1.54, 1.807) is 6.07 Å². The first kappa shape index (κ1) is 15.9. The summed E-state index contributed by atoms with van der Waals surface area (Å²) in [4.78, 5) is 12.4. The first-order valence-corrected chi connectivity index (χ1v) is 7.64. The number of nitro benzene ring substituents is 1. The molecule has 0 N–H and O–H groups in total. The van der Waals surface area contributed by atoms with Crippen LogP contribution in [-0.2, 0) is 6.54 Å². The standard InChI is InChI=1S/C16H23FN2O2/c1-12(2)10-18(14-5-3-4-6-14)11-13-7-8-16(19(20)21)15(17)9-13/h7-9,12,14H,3-6,10-11H2,1-2H3. The van der Waals surface area contributed by atoms with Gasteiger partial charge in [-0.05, 0) is 30.4 Å². The Hall–Kier alpha value is -1.49. The molecule has 0 bridgehead atoms. The molecule has 0 aliphatic heterocycles. The monoisotopic (exact) mass is 294 g/mol. The fourth-order valence-electron chi connectivity index (χ4n) is 3.11. The molecule has 0 atom stereocenters. The van der Waals surface area contributed by atoms with Crippen LogP contribution in [-0.4, -0.2) is 22.4 Å². The fourth-order valence-corrected chi connectivity index (χ4v) is 3.11. The molecule has 0 radical (unpaired) electrons. The third-order valence-electron chi connectivity index (χ3n) is 4.04. The molecule has 1 saturated carbocycles. The van der Waals surface area contributed by atoms with Crippen molar-refractivity contribution in [1.29, 1.82) is 0 Å². The summed E-state index contributed by atoms with van der Waals surface area (Å²) in [6, 6.07) is 4.81. The number of halogens is 1. The van der Waals surface area contributed by atoms with Crippen molar-refractivity contribution in [2.24, 2.45) is 5.92 Å². The Morgan fingerprint density at radius 1 is 1.38 bits per heavy atom. The molecule has 1 aliphatic carbocycles. The van der Waals surface area contributed by atoms with E-state index in [1.165, 1.54) is 37.8 Å². The van der Waals surface area contributed by atoms with Crippen LogP contribution in [0.1, 0.15) is 45.1 Å². The minimum absolute atomic E-state index is 0.449. The van der Waals surface area contributed by atoms with Crippen molar-refractivity contribution in [3.63, 3.8) is 0 Å². The summed E-state index contributed by atoms with van der Waals surface area (Å²) in [5, 5.41) is 10.7. The summed E-state index contributed by atoms with van der Waals surface area (Å²) in [6.45, 7) is 6.00. The quantitative estimate of drug-likeness (QED) is 0.585. The van der Waals surface area contributed by atoms with Gasteiger partial charge in [0.1, 0.15) is 0 Å². The van der Waals surface area contributed by atoms with E-state index in [9.17, 15) is 14.5 Å². The van der Waals surface area contributed by atoms with Crippen molar-refractivity contribution in [2.75, 3.05) is 6.54 Å². The van der Waals surface area contributed by atoms with E-state index < -0.39 is 16.4 Å². The zero-order chi connectivity index (χ0) is 15.4. The number of benzene rings is 1. The Labute approximate surface area is 125 Å². The van der Waals surface area contributed by atoms with Crippen molar-refractivity contribution in [2.45, 2.75) is 52.1 Å². The summed E-state index contributed by atoms with van der Waals surface area (Å²) in [7, 11) is 0. The predicted octanol–water partition coefficient (Wildman–Crippen LogP) is 4.13. The molecular weight excluding hydrogens is 271 g/mol. The highest BCUT2D eigenvalue weighted by atomic mass is 19.1. The number of hydrogen-bond donors (Lipinski definition) is 0. The molecule has 0 unspecified atom stereocenters. The molecule has 5 heteroatoms. The molecule has 0 heterocycles. The maximum absolute atomic E-state index is 13.7. The first-order chi connectivity index (χ1) is 9.97. The minimum Gasteiger partial charge on any atom is -0.296 e. The molecule has 0 amide bonds. The van der Waals surface area contributed by atoms with Crippen molar-refractivity contribution >= 4 is 5.69 Å². The van der Waals surface area contributed by atoms with E-state index in [1.807, 2.05) is 0 Å². The summed E-state index contributed by atoms with van der Waals surface area (Å²) in [5.41, 5.74) is 0.362. The summed E-state index contributed by atoms with van der Waals surface area (Å²) < 4.78 is 13.7. The van der Waals surface area contributed by atoms with E-state index in [2.05, 4.69) is 18.7 Å². The highest BCUT2D eigenvalue weighted by Crippen LogP contribution is 2.26. The molecule has 0 saturated heterocycles. The Balaban J connectivity index is 2.12. The van der Waals surface area contributed by atoms with Crippen LogP contribution in [0.5, 0.6) is 0 Å². The van der Waals surface area contributed by atoms with Crippen LogP contribution >= 0.6 is 0 Å². The number of nitro groups is 1. The second-order valence-corrected chi connectivity index (χ2v) is 6.30. The van der Waals surface area contributed by atoms with Crippen molar-refractivity contribution < 1.29 is 9.31 Å². The van der Waals surface area contributed by atoms with Gasteiger partial charge >= 0.3 is 5.69 Å². The van der Waals surface area contributed by atoms with Gasteiger partial charge in [0.05, 0.1) is 4.92 Å². The topological polar surface area (TPSA) is 46.4 Å². The summed E-state index contributed by atoms with van der Waals surface area (Å²) in [6.07, 6.45) is 4.91.